The third-order valence-corrected chi connectivity index (χ3v) is 9.05. The third kappa shape index (κ3) is 4.49. The summed E-state index contributed by atoms with van der Waals surface area (Å²) in [6.07, 6.45) is 7.33. The van der Waals surface area contributed by atoms with Gasteiger partial charge in [0.2, 0.25) is 0 Å². The first-order valence-electron chi connectivity index (χ1n) is 13.0. The molecule has 3 aromatic carbocycles. The third-order valence-electron chi connectivity index (χ3n) is 7.89. The van der Waals surface area contributed by atoms with Crippen LogP contribution in [0.3, 0.4) is 0 Å². The number of fused-ring (bicyclic) bond motifs is 3. The highest BCUT2D eigenvalue weighted by atomic mass is 32.1. The van der Waals surface area contributed by atoms with E-state index in [0.717, 1.165) is 41.9 Å². The summed E-state index contributed by atoms with van der Waals surface area (Å²) >= 11 is 1.71. The summed E-state index contributed by atoms with van der Waals surface area (Å²) in [6, 6.07) is 26.2. The van der Waals surface area contributed by atoms with E-state index in [4.69, 9.17) is 4.99 Å². The molecule has 3 nitrogen and oxygen atoms in total. The van der Waals surface area contributed by atoms with Crippen LogP contribution >= 0.6 is 11.3 Å². The highest BCUT2D eigenvalue weighted by molar-refractivity contribution is 7.16. The molecule has 0 saturated carbocycles. The largest absolute Gasteiger partial charge is 0.342 e. The topological polar surface area (TPSA) is 41.1 Å². The number of aliphatic imine (C=N–C) groups is 1. The van der Waals surface area contributed by atoms with Crippen molar-refractivity contribution in [3.8, 4) is 6.07 Å². The summed E-state index contributed by atoms with van der Waals surface area (Å²) in [5.74, 6) is 0.648. The zero-order chi connectivity index (χ0) is 25.6. The number of aromatic nitrogens is 1. The molecule has 1 aliphatic carbocycles. The number of thiophene rings is 1. The fourth-order valence-corrected chi connectivity index (χ4v) is 6.91. The lowest BCUT2D eigenvalue weighted by Gasteiger charge is -2.33. The zero-order valence-electron chi connectivity index (χ0n) is 21.7. The van der Waals surface area contributed by atoms with Gasteiger partial charge < -0.3 is 4.57 Å². The lowest BCUT2D eigenvalue weighted by Crippen LogP contribution is -2.26. The Morgan fingerprint density at radius 3 is 2.65 bits per heavy atom. The minimum atomic E-state index is 0.283. The monoisotopic (exact) mass is 501 g/mol. The van der Waals surface area contributed by atoms with Gasteiger partial charge in [-0.05, 0) is 64.6 Å². The second-order valence-electron chi connectivity index (χ2n) is 11.3. The molecule has 2 heterocycles. The molecule has 0 saturated heterocycles. The van der Waals surface area contributed by atoms with Gasteiger partial charge >= 0.3 is 0 Å². The summed E-state index contributed by atoms with van der Waals surface area (Å²) in [6.45, 7) is 7.78. The van der Waals surface area contributed by atoms with Gasteiger partial charge in [0, 0.05) is 40.3 Å². The molecule has 0 N–H and O–H groups in total. The van der Waals surface area contributed by atoms with E-state index in [1.165, 1.54) is 37.7 Å². The normalized spacial score (nSPS) is 15.9. The second kappa shape index (κ2) is 9.32. The molecule has 0 unspecified atom stereocenters. The lowest BCUT2D eigenvalue weighted by molar-refractivity contribution is 0.218. The van der Waals surface area contributed by atoms with Crippen molar-refractivity contribution in [2.24, 2.45) is 16.3 Å². The van der Waals surface area contributed by atoms with Crippen LogP contribution in [-0.2, 0) is 19.4 Å². The Morgan fingerprint density at radius 2 is 1.84 bits per heavy atom. The van der Waals surface area contributed by atoms with Gasteiger partial charge in [0.1, 0.15) is 11.1 Å². The standard InChI is InChI=1S/C33H31N3S/c1-33(2,3)26-14-15-28-29(18-34)32(37-31(28)17-26)35-19-25-21-36(30-11-7-6-10-27(25)30)20-22-12-13-23-8-4-5-9-24(23)16-22/h4-13,16,19,21,26H,14-15,17,20H2,1-3H3/t26-/m0/s1. The van der Waals surface area contributed by atoms with E-state index < -0.39 is 0 Å². The first-order chi connectivity index (χ1) is 17.9. The summed E-state index contributed by atoms with van der Waals surface area (Å²) < 4.78 is 2.30. The Bertz CT molecular complexity index is 1690. The van der Waals surface area contributed by atoms with Gasteiger partial charge in [0.05, 0.1) is 5.56 Å². The predicted molar refractivity (Wildman–Crippen MR) is 156 cm³/mol. The van der Waals surface area contributed by atoms with Crippen LogP contribution < -0.4 is 0 Å². The number of nitrogens with zero attached hydrogens (tertiary/aromatic N) is 3. The van der Waals surface area contributed by atoms with E-state index in [0.29, 0.717) is 5.92 Å². The molecule has 0 spiro atoms. The van der Waals surface area contributed by atoms with Gasteiger partial charge in [-0.25, -0.2) is 4.99 Å². The maximum atomic E-state index is 9.98. The quantitative estimate of drug-likeness (QED) is 0.227. The van der Waals surface area contributed by atoms with Crippen LogP contribution in [0, 0.1) is 22.7 Å². The van der Waals surface area contributed by atoms with Crippen molar-refractivity contribution in [3.05, 3.63) is 100 Å². The van der Waals surface area contributed by atoms with Crippen molar-refractivity contribution in [2.75, 3.05) is 0 Å². The average Bonchev–Trinajstić information content (AvgIpc) is 3.43. The molecule has 0 radical (unpaired) electrons. The van der Waals surface area contributed by atoms with Gasteiger partial charge in [0.15, 0.2) is 0 Å². The Balaban J connectivity index is 1.33. The lowest BCUT2D eigenvalue weighted by atomic mass is 9.72. The van der Waals surface area contributed by atoms with Crippen LogP contribution in [0.25, 0.3) is 21.7 Å². The maximum absolute atomic E-state index is 9.98. The zero-order valence-corrected chi connectivity index (χ0v) is 22.5. The Kier molecular flexibility index (Phi) is 5.97. The van der Waals surface area contributed by atoms with Gasteiger partial charge in [-0.3, -0.25) is 0 Å². The Labute approximate surface area is 222 Å². The van der Waals surface area contributed by atoms with Crippen molar-refractivity contribution >= 4 is 44.2 Å². The number of hydrogen-bond acceptors (Lipinski definition) is 3. The molecule has 184 valence electrons. The van der Waals surface area contributed by atoms with Crippen molar-refractivity contribution in [3.63, 3.8) is 0 Å². The van der Waals surface area contributed by atoms with E-state index in [1.54, 1.807) is 11.3 Å². The minimum Gasteiger partial charge on any atom is -0.342 e. The van der Waals surface area contributed by atoms with E-state index in [2.05, 4.69) is 104 Å². The van der Waals surface area contributed by atoms with Crippen LogP contribution in [0.4, 0.5) is 5.00 Å². The average molecular weight is 502 g/mol. The number of rotatable bonds is 4. The fourth-order valence-electron chi connectivity index (χ4n) is 5.69. The van der Waals surface area contributed by atoms with Gasteiger partial charge in [-0.2, -0.15) is 5.26 Å². The van der Waals surface area contributed by atoms with Crippen LogP contribution in [0.5, 0.6) is 0 Å². The number of para-hydroxylation sites is 1. The Morgan fingerprint density at radius 1 is 1.05 bits per heavy atom. The van der Waals surface area contributed by atoms with Crippen LogP contribution in [0.15, 0.2) is 77.9 Å². The van der Waals surface area contributed by atoms with E-state index in [1.807, 2.05) is 6.21 Å². The second-order valence-corrected chi connectivity index (χ2v) is 12.4. The number of benzene rings is 3. The molecule has 1 atom stereocenters. The molecule has 0 fully saturated rings. The van der Waals surface area contributed by atoms with Crippen molar-refractivity contribution in [2.45, 2.75) is 46.6 Å². The fraction of sp³-hybridized carbons (Fsp3) is 0.273. The van der Waals surface area contributed by atoms with Crippen LogP contribution in [-0.4, -0.2) is 10.8 Å². The first-order valence-corrected chi connectivity index (χ1v) is 13.9. The SMILES string of the molecule is CC(C)(C)[C@H]1CCc2c(sc(N=Cc3cn(Cc4ccc5ccccc5c4)c4ccccc34)c2C#N)C1. The molecule has 37 heavy (non-hydrogen) atoms. The molecule has 0 bridgehead atoms. The molecule has 0 aliphatic heterocycles. The van der Waals surface area contributed by atoms with Crippen LogP contribution in [0.2, 0.25) is 0 Å². The van der Waals surface area contributed by atoms with E-state index >= 15 is 0 Å². The Hall–Kier alpha value is -3.68. The predicted octanol–water partition coefficient (Wildman–Crippen LogP) is 8.68. The summed E-state index contributed by atoms with van der Waals surface area (Å²) in [5.41, 5.74) is 5.84. The van der Waals surface area contributed by atoms with E-state index in [-0.39, 0.29) is 5.41 Å². The molecular formula is C33H31N3S. The van der Waals surface area contributed by atoms with Crippen molar-refractivity contribution in [1.29, 1.82) is 5.26 Å². The molecular weight excluding hydrogens is 470 g/mol. The van der Waals surface area contributed by atoms with Gasteiger partial charge in [-0.1, -0.05) is 75.4 Å². The highest BCUT2D eigenvalue weighted by Crippen LogP contribution is 2.45. The summed E-state index contributed by atoms with van der Waals surface area (Å²) in [5, 5.41) is 14.5. The highest BCUT2D eigenvalue weighted by Gasteiger charge is 2.32. The summed E-state index contributed by atoms with van der Waals surface area (Å²) in [4.78, 5) is 6.26. The first kappa shape index (κ1) is 23.7. The number of nitriles is 1. The summed E-state index contributed by atoms with van der Waals surface area (Å²) in [7, 11) is 0. The molecule has 0 amide bonds. The molecule has 6 rings (SSSR count). The molecule has 2 aromatic heterocycles. The maximum Gasteiger partial charge on any atom is 0.134 e. The molecule has 5 aromatic rings. The van der Waals surface area contributed by atoms with Crippen molar-refractivity contribution < 1.29 is 0 Å². The molecule has 1 aliphatic rings. The van der Waals surface area contributed by atoms with Gasteiger partial charge in [0.25, 0.3) is 0 Å². The van der Waals surface area contributed by atoms with Gasteiger partial charge in [-0.15, -0.1) is 11.3 Å². The smallest absolute Gasteiger partial charge is 0.134 e. The number of hydrogen-bond donors (Lipinski definition) is 0. The van der Waals surface area contributed by atoms with Crippen LogP contribution in [0.1, 0.15) is 54.3 Å². The van der Waals surface area contributed by atoms with Crippen molar-refractivity contribution in [1.82, 2.24) is 4.57 Å². The van der Waals surface area contributed by atoms with E-state index in [9.17, 15) is 5.26 Å². The minimum absolute atomic E-state index is 0.283. The molecule has 4 heteroatoms.